The van der Waals surface area contributed by atoms with Crippen LogP contribution in [0.25, 0.3) is 0 Å². The molecule has 0 radical (unpaired) electrons. The van der Waals surface area contributed by atoms with Gasteiger partial charge in [0.1, 0.15) is 0 Å². The van der Waals surface area contributed by atoms with Crippen LogP contribution >= 0.6 is 0 Å². The summed E-state index contributed by atoms with van der Waals surface area (Å²) in [5.41, 5.74) is 0. The number of nitrogens with one attached hydrogen (secondary N) is 1. The molecule has 3 heteroatoms. The third-order valence-corrected chi connectivity index (χ3v) is 3.60. The summed E-state index contributed by atoms with van der Waals surface area (Å²) in [5.74, 6) is 0.623. The normalized spacial score (nSPS) is 24.4. The van der Waals surface area contributed by atoms with Crippen molar-refractivity contribution in [2.75, 3.05) is 20.1 Å². The van der Waals surface area contributed by atoms with E-state index in [0.717, 1.165) is 13.1 Å². The number of carbonyl (C=O) groups is 1. The van der Waals surface area contributed by atoms with E-state index < -0.39 is 0 Å². The van der Waals surface area contributed by atoms with Gasteiger partial charge in [-0.25, -0.2) is 0 Å². The molecule has 0 aromatic carbocycles. The molecule has 0 aromatic rings. The molecule has 3 nitrogen and oxygen atoms in total. The summed E-state index contributed by atoms with van der Waals surface area (Å²) >= 11 is 0. The molecule has 1 amide bonds. The molecular weight excluding hydrogens is 176 g/mol. The fourth-order valence-electron chi connectivity index (χ4n) is 2.40. The fourth-order valence-corrected chi connectivity index (χ4v) is 2.40. The Morgan fingerprint density at radius 2 is 1.86 bits per heavy atom. The number of nitrogens with zero attached hydrogens (tertiary/aromatic N) is 1. The number of carbonyl (C=O) groups excluding carboxylic acids is 1. The maximum Gasteiger partial charge on any atom is 0.228 e. The minimum absolute atomic E-state index is 0.266. The predicted octanol–water partition coefficient (Wildman–Crippen LogP) is 0.997. The van der Waals surface area contributed by atoms with Crippen molar-refractivity contribution in [3.8, 4) is 0 Å². The van der Waals surface area contributed by atoms with E-state index in [0.29, 0.717) is 11.9 Å². The molecule has 1 saturated carbocycles. The largest absolute Gasteiger partial charge is 0.342 e. The number of rotatable bonds is 2. The molecule has 1 heterocycles. The molecule has 80 valence electrons. The van der Waals surface area contributed by atoms with E-state index in [1.807, 2.05) is 11.9 Å². The fraction of sp³-hybridized carbons (Fsp3) is 0.909. The first kappa shape index (κ1) is 9.97. The van der Waals surface area contributed by atoms with Crippen LogP contribution in [0, 0.1) is 5.92 Å². The summed E-state index contributed by atoms with van der Waals surface area (Å²) in [5, 5.41) is 3.15. The van der Waals surface area contributed by atoms with Crippen LogP contribution < -0.4 is 5.32 Å². The predicted molar refractivity (Wildman–Crippen MR) is 56.0 cm³/mol. The Bertz CT molecular complexity index is 207. The summed E-state index contributed by atoms with van der Waals surface area (Å²) in [4.78, 5) is 13.9. The second kappa shape index (κ2) is 4.30. The smallest absolute Gasteiger partial charge is 0.228 e. The molecule has 0 bridgehead atoms. The Labute approximate surface area is 85.8 Å². The Balaban J connectivity index is 1.85. The molecule has 14 heavy (non-hydrogen) atoms. The van der Waals surface area contributed by atoms with E-state index in [1.165, 1.54) is 32.1 Å². The van der Waals surface area contributed by atoms with Gasteiger partial charge >= 0.3 is 0 Å². The molecule has 0 spiro atoms. The average molecular weight is 196 g/mol. The van der Waals surface area contributed by atoms with E-state index in [4.69, 9.17) is 0 Å². The van der Waals surface area contributed by atoms with Crippen molar-refractivity contribution >= 4 is 5.91 Å². The summed E-state index contributed by atoms with van der Waals surface area (Å²) in [7, 11) is 1.98. The summed E-state index contributed by atoms with van der Waals surface area (Å²) in [6.07, 6.45) is 6.37. The molecule has 1 aliphatic heterocycles. The van der Waals surface area contributed by atoms with Crippen LogP contribution in [0.4, 0.5) is 0 Å². The van der Waals surface area contributed by atoms with Crippen molar-refractivity contribution in [2.24, 2.45) is 5.92 Å². The summed E-state index contributed by atoms with van der Waals surface area (Å²) < 4.78 is 0. The number of hydrogen-bond donors (Lipinski definition) is 1. The van der Waals surface area contributed by atoms with Crippen molar-refractivity contribution in [2.45, 2.75) is 38.1 Å². The maximum absolute atomic E-state index is 11.9. The zero-order valence-corrected chi connectivity index (χ0v) is 8.96. The monoisotopic (exact) mass is 196 g/mol. The van der Waals surface area contributed by atoms with Crippen LogP contribution in [0.15, 0.2) is 0 Å². The third kappa shape index (κ3) is 1.92. The Kier molecular flexibility index (Phi) is 3.06. The highest BCUT2D eigenvalue weighted by atomic mass is 16.2. The lowest BCUT2D eigenvalue weighted by atomic mass is 9.92. The van der Waals surface area contributed by atoms with E-state index in [1.54, 1.807) is 0 Å². The lowest BCUT2D eigenvalue weighted by Gasteiger charge is -2.36. The van der Waals surface area contributed by atoms with Crippen molar-refractivity contribution < 1.29 is 4.79 Å². The molecule has 0 aromatic heterocycles. The van der Waals surface area contributed by atoms with Gasteiger partial charge in [-0.1, -0.05) is 19.3 Å². The van der Waals surface area contributed by atoms with Crippen LogP contribution in [0.2, 0.25) is 0 Å². The van der Waals surface area contributed by atoms with Crippen LogP contribution in [0.5, 0.6) is 0 Å². The average Bonchev–Trinajstić information content (AvgIpc) is 2.15. The zero-order chi connectivity index (χ0) is 9.97. The molecule has 1 aliphatic carbocycles. The Morgan fingerprint density at radius 3 is 2.36 bits per heavy atom. The second-order valence-corrected chi connectivity index (χ2v) is 4.60. The molecular formula is C11H20N2O. The first-order valence-corrected chi connectivity index (χ1v) is 5.76. The molecule has 0 unspecified atom stereocenters. The van der Waals surface area contributed by atoms with Crippen molar-refractivity contribution in [1.29, 1.82) is 0 Å². The minimum Gasteiger partial charge on any atom is -0.342 e. The number of amides is 1. The molecule has 2 fully saturated rings. The minimum atomic E-state index is 0.266. The summed E-state index contributed by atoms with van der Waals surface area (Å²) in [6.45, 7) is 1.77. The van der Waals surface area contributed by atoms with Gasteiger partial charge in [-0.15, -0.1) is 0 Å². The highest BCUT2D eigenvalue weighted by molar-refractivity contribution is 5.80. The SMILES string of the molecule is CN(C(=O)C1CNC1)C1CCCCC1. The van der Waals surface area contributed by atoms with Gasteiger partial charge in [-0.2, -0.15) is 0 Å². The van der Waals surface area contributed by atoms with Crippen LogP contribution in [0.3, 0.4) is 0 Å². The van der Waals surface area contributed by atoms with Crippen molar-refractivity contribution in [3.05, 3.63) is 0 Å². The quantitative estimate of drug-likeness (QED) is 0.714. The highest BCUT2D eigenvalue weighted by Crippen LogP contribution is 2.23. The van der Waals surface area contributed by atoms with Crippen LogP contribution in [-0.4, -0.2) is 37.0 Å². The molecule has 1 saturated heterocycles. The Hall–Kier alpha value is -0.570. The second-order valence-electron chi connectivity index (χ2n) is 4.60. The number of hydrogen-bond acceptors (Lipinski definition) is 2. The first-order valence-electron chi connectivity index (χ1n) is 5.76. The third-order valence-electron chi connectivity index (χ3n) is 3.60. The van der Waals surface area contributed by atoms with Gasteiger partial charge in [-0.3, -0.25) is 4.79 Å². The van der Waals surface area contributed by atoms with E-state index in [-0.39, 0.29) is 5.92 Å². The van der Waals surface area contributed by atoms with E-state index in [2.05, 4.69) is 5.32 Å². The molecule has 2 aliphatic rings. The van der Waals surface area contributed by atoms with Crippen LogP contribution in [0.1, 0.15) is 32.1 Å². The lowest BCUT2D eigenvalue weighted by molar-refractivity contribution is -0.138. The van der Waals surface area contributed by atoms with Gasteiger partial charge in [0.05, 0.1) is 5.92 Å². The zero-order valence-electron chi connectivity index (χ0n) is 8.96. The molecule has 0 atom stereocenters. The van der Waals surface area contributed by atoms with Gasteiger partial charge in [-0.05, 0) is 12.8 Å². The van der Waals surface area contributed by atoms with Gasteiger partial charge in [0.2, 0.25) is 5.91 Å². The molecule has 1 N–H and O–H groups in total. The van der Waals surface area contributed by atoms with Crippen molar-refractivity contribution in [1.82, 2.24) is 10.2 Å². The van der Waals surface area contributed by atoms with Gasteiger partial charge < -0.3 is 10.2 Å². The van der Waals surface area contributed by atoms with Gasteiger partial charge in [0.15, 0.2) is 0 Å². The standard InChI is InChI=1S/C11H20N2O/c1-13(10-5-3-2-4-6-10)11(14)9-7-12-8-9/h9-10,12H,2-8H2,1H3. The Morgan fingerprint density at radius 1 is 1.21 bits per heavy atom. The first-order chi connectivity index (χ1) is 6.79. The van der Waals surface area contributed by atoms with E-state index >= 15 is 0 Å². The van der Waals surface area contributed by atoms with Crippen molar-refractivity contribution in [3.63, 3.8) is 0 Å². The van der Waals surface area contributed by atoms with Gasteiger partial charge in [0.25, 0.3) is 0 Å². The van der Waals surface area contributed by atoms with Crippen LogP contribution in [-0.2, 0) is 4.79 Å². The highest BCUT2D eigenvalue weighted by Gasteiger charge is 2.31. The summed E-state index contributed by atoms with van der Waals surface area (Å²) in [6, 6.07) is 0.525. The topological polar surface area (TPSA) is 32.3 Å². The lowest BCUT2D eigenvalue weighted by Crippen LogP contribution is -2.53. The molecule has 2 rings (SSSR count). The maximum atomic E-state index is 11.9. The van der Waals surface area contributed by atoms with Gasteiger partial charge in [0, 0.05) is 26.2 Å². The van der Waals surface area contributed by atoms with E-state index in [9.17, 15) is 4.79 Å².